The van der Waals surface area contributed by atoms with Crippen molar-refractivity contribution in [3.05, 3.63) is 11.6 Å². The normalized spacial score (nSPS) is 36.6. The van der Waals surface area contributed by atoms with Crippen LogP contribution in [0.2, 0.25) is 0 Å². The van der Waals surface area contributed by atoms with Gasteiger partial charge in [-0.1, -0.05) is 84.8 Å². The maximum Gasteiger partial charge on any atom is 0.407 e. The van der Waals surface area contributed by atoms with Crippen LogP contribution in [0.25, 0.3) is 0 Å². The highest BCUT2D eigenvalue weighted by molar-refractivity contribution is 5.66. The molecule has 184 valence electrons. The molecule has 0 aromatic carbocycles. The van der Waals surface area contributed by atoms with Crippen molar-refractivity contribution in [1.29, 1.82) is 0 Å². The lowest BCUT2D eigenvalue weighted by Gasteiger charge is -2.52. The van der Waals surface area contributed by atoms with Crippen LogP contribution in [0.3, 0.4) is 0 Å². The molecule has 0 spiro atoms. The average Bonchev–Trinajstić information content (AvgIpc) is 2.83. The van der Waals surface area contributed by atoms with E-state index in [1.165, 1.54) is 64.2 Å². The molecule has 1 N–H and O–H groups in total. The summed E-state index contributed by atoms with van der Waals surface area (Å²) in [5.74, 6) is 5.08. The topological polar surface area (TPSA) is 38.3 Å². The highest BCUT2D eigenvalue weighted by atomic mass is 16.6. The monoisotopic (exact) mass is 445 g/mol. The van der Waals surface area contributed by atoms with Gasteiger partial charge in [-0.2, -0.15) is 0 Å². The first-order chi connectivity index (χ1) is 15.2. The van der Waals surface area contributed by atoms with Crippen LogP contribution in [0.1, 0.15) is 112 Å². The number of fused-ring (bicyclic) bond motifs is 3. The van der Waals surface area contributed by atoms with Gasteiger partial charge in [0.2, 0.25) is 0 Å². The summed E-state index contributed by atoms with van der Waals surface area (Å²) >= 11 is 0. The van der Waals surface area contributed by atoms with Crippen LogP contribution >= 0.6 is 0 Å². The summed E-state index contributed by atoms with van der Waals surface area (Å²) in [5, 5.41) is 2.62. The fourth-order valence-electron chi connectivity index (χ4n) is 7.42. The minimum atomic E-state index is -0.280. The molecule has 3 nitrogen and oxygen atoms in total. The zero-order valence-corrected chi connectivity index (χ0v) is 21.9. The first-order valence-electron chi connectivity index (χ1n) is 13.8. The largest absolute Gasteiger partial charge is 0.446 e. The third-order valence-electron chi connectivity index (χ3n) is 9.68. The Hall–Kier alpha value is -0.990. The van der Waals surface area contributed by atoms with E-state index in [1.54, 1.807) is 12.6 Å². The van der Waals surface area contributed by atoms with Crippen LogP contribution in [0.15, 0.2) is 11.6 Å². The third kappa shape index (κ3) is 6.11. The highest BCUT2D eigenvalue weighted by Crippen LogP contribution is 2.57. The molecule has 1 amide bonds. The maximum atomic E-state index is 11.7. The summed E-state index contributed by atoms with van der Waals surface area (Å²) in [5.41, 5.74) is 1.89. The first kappa shape index (κ1) is 25.6. The predicted octanol–water partition coefficient (Wildman–Crippen LogP) is 8.14. The van der Waals surface area contributed by atoms with Crippen molar-refractivity contribution < 1.29 is 9.53 Å². The SMILES string of the molecule is CNC(=O)OC1CCC2(C)C(=CCC3C(C)CCC(C(C)CCCC(C)C)CCCC32)C1. The smallest absolute Gasteiger partial charge is 0.407 e. The second-order valence-corrected chi connectivity index (χ2v) is 12.2. The van der Waals surface area contributed by atoms with Crippen LogP contribution in [-0.2, 0) is 4.74 Å². The van der Waals surface area contributed by atoms with Crippen LogP contribution in [0, 0.1) is 40.9 Å². The molecule has 0 radical (unpaired) electrons. The standard InChI is InChI=1S/C29H51NO2/c1-20(2)9-7-10-21(3)23-11-8-12-27-26(22(4)13-14-23)16-15-24-19-25(32-28(31)30-6)17-18-29(24,27)5/h15,20-23,25-27H,7-14,16-19H2,1-6H3,(H,30,31). The minimum absolute atomic E-state index is 0.0515. The van der Waals surface area contributed by atoms with E-state index in [0.29, 0.717) is 5.41 Å². The molecule has 3 heteroatoms. The van der Waals surface area contributed by atoms with E-state index in [1.807, 2.05) is 0 Å². The summed E-state index contributed by atoms with van der Waals surface area (Å²) in [6.07, 6.45) is 17.9. The Morgan fingerprint density at radius 2 is 1.94 bits per heavy atom. The van der Waals surface area contributed by atoms with Crippen LogP contribution in [-0.4, -0.2) is 19.2 Å². The number of nitrogens with one attached hydrogen (secondary N) is 1. The second-order valence-electron chi connectivity index (χ2n) is 12.2. The van der Waals surface area contributed by atoms with Gasteiger partial charge in [-0.25, -0.2) is 4.79 Å². The summed E-state index contributed by atoms with van der Waals surface area (Å²) in [6.45, 7) is 12.3. The Bertz CT molecular complexity index is 641. The van der Waals surface area contributed by atoms with E-state index in [9.17, 15) is 4.79 Å². The molecule has 3 aliphatic rings. The average molecular weight is 446 g/mol. The lowest BCUT2D eigenvalue weighted by Crippen LogP contribution is -2.44. The van der Waals surface area contributed by atoms with E-state index in [0.717, 1.165) is 48.3 Å². The molecule has 32 heavy (non-hydrogen) atoms. The maximum absolute atomic E-state index is 11.7. The molecule has 0 bridgehead atoms. The Morgan fingerprint density at radius 1 is 1.16 bits per heavy atom. The second kappa shape index (κ2) is 11.4. The van der Waals surface area contributed by atoms with E-state index in [2.05, 4.69) is 46.0 Å². The van der Waals surface area contributed by atoms with E-state index in [4.69, 9.17) is 4.74 Å². The Morgan fingerprint density at radius 3 is 2.66 bits per heavy atom. The van der Waals surface area contributed by atoms with Gasteiger partial charge in [0.1, 0.15) is 6.10 Å². The molecule has 0 aliphatic heterocycles. The first-order valence-corrected chi connectivity index (χ1v) is 13.8. The van der Waals surface area contributed by atoms with Crippen molar-refractivity contribution in [2.24, 2.45) is 40.9 Å². The summed E-state index contributed by atoms with van der Waals surface area (Å²) in [4.78, 5) is 11.7. The van der Waals surface area contributed by atoms with Gasteiger partial charge in [0.15, 0.2) is 0 Å². The van der Waals surface area contributed by atoms with Crippen molar-refractivity contribution >= 4 is 6.09 Å². The van der Waals surface area contributed by atoms with Gasteiger partial charge in [-0.3, -0.25) is 0 Å². The number of hydrogen-bond acceptors (Lipinski definition) is 2. The number of ether oxygens (including phenoxy) is 1. The van der Waals surface area contributed by atoms with Crippen molar-refractivity contribution in [3.8, 4) is 0 Å². The molecule has 0 aromatic rings. The van der Waals surface area contributed by atoms with E-state index in [-0.39, 0.29) is 12.2 Å². The van der Waals surface area contributed by atoms with Gasteiger partial charge in [0, 0.05) is 13.5 Å². The Balaban J connectivity index is 1.65. The van der Waals surface area contributed by atoms with Crippen molar-refractivity contribution in [3.63, 3.8) is 0 Å². The van der Waals surface area contributed by atoms with Crippen molar-refractivity contribution in [2.45, 2.75) is 118 Å². The number of carbonyl (C=O) groups is 1. The third-order valence-corrected chi connectivity index (χ3v) is 9.68. The molecule has 2 saturated carbocycles. The molecular formula is C29H51NO2. The quantitative estimate of drug-likeness (QED) is 0.419. The number of carbonyl (C=O) groups excluding carboxylic acids is 1. The number of rotatable bonds is 6. The van der Waals surface area contributed by atoms with Gasteiger partial charge in [-0.05, 0) is 73.0 Å². The van der Waals surface area contributed by atoms with Gasteiger partial charge >= 0.3 is 6.09 Å². The van der Waals surface area contributed by atoms with Crippen LogP contribution in [0.4, 0.5) is 4.79 Å². The van der Waals surface area contributed by atoms with Gasteiger partial charge in [0.25, 0.3) is 0 Å². The molecule has 0 aromatic heterocycles. The zero-order valence-electron chi connectivity index (χ0n) is 21.9. The highest BCUT2D eigenvalue weighted by Gasteiger charge is 2.48. The molecule has 0 saturated heterocycles. The minimum Gasteiger partial charge on any atom is -0.446 e. The number of amides is 1. The molecule has 7 atom stereocenters. The van der Waals surface area contributed by atoms with Gasteiger partial charge in [0.05, 0.1) is 0 Å². The van der Waals surface area contributed by atoms with Gasteiger partial charge < -0.3 is 10.1 Å². The lowest BCUT2D eigenvalue weighted by molar-refractivity contribution is 0.0208. The lowest BCUT2D eigenvalue weighted by atomic mass is 9.54. The predicted molar refractivity (Wildman–Crippen MR) is 135 cm³/mol. The summed E-state index contributed by atoms with van der Waals surface area (Å²) in [6, 6.07) is 0. The molecular weight excluding hydrogens is 394 g/mol. The summed E-state index contributed by atoms with van der Waals surface area (Å²) < 4.78 is 5.65. The molecule has 3 aliphatic carbocycles. The van der Waals surface area contributed by atoms with Crippen molar-refractivity contribution in [1.82, 2.24) is 5.32 Å². The number of allylic oxidation sites excluding steroid dienone is 1. The number of hydrogen-bond donors (Lipinski definition) is 1. The van der Waals surface area contributed by atoms with E-state index < -0.39 is 0 Å². The van der Waals surface area contributed by atoms with Crippen LogP contribution in [0.5, 0.6) is 0 Å². The fourth-order valence-corrected chi connectivity index (χ4v) is 7.42. The fraction of sp³-hybridized carbons (Fsp3) is 0.897. The van der Waals surface area contributed by atoms with Crippen molar-refractivity contribution in [2.75, 3.05) is 7.05 Å². The molecule has 2 fully saturated rings. The zero-order chi connectivity index (χ0) is 23.3. The van der Waals surface area contributed by atoms with Crippen LogP contribution < -0.4 is 5.32 Å². The van der Waals surface area contributed by atoms with E-state index >= 15 is 0 Å². The molecule has 3 rings (SSSR count). The molecule has 7 unspecified atom stereocenters. The molecule has 0 heterocycles. The Kier molecular flexibility index (Phi) is 9.15. The summed E-state index contributed by atoms with van der Waals surface area (Å²) in [7, 11) is 1.65. The Labute approximate surface area is 198 Å². The number of alkyl carbamates (subject to hydrolysis) is 1. The van der Waals surface area contributed by atoms with Gasteiger partial charge in [-0.15, -0.1) is 0 Å².